The van der Waals surface area contributed by atoms with Crippen LogP contribution in [0.2, 0.25) is 0 Å². The summed E-state index contributed by atoms with van der Waals surface area (Å²) in [5.41, 5.74) is 2.28. The third-order valence-electron chi connectivity index (χ3n) is 5.37. The molecule has 0 bridgehead atoms. The summed E-state index contributed by atoms with van der Waals surface area (Å²) < 4.78 is 2.11. The van der Waals surface area contributed by atoms with Crippen molar-refractivity contribution in [3.8, 4) is 0 Å². The highest BCUT2D eigenvalue weighted by Crippen LogP contribution is 2.29. The van der Waals surface area contributed by atoms with E-state index in [4.69, 9.17) is 0 Å². The summed E-state index contributed by atoms with van der Waals surface area (Å²) >= 11 is 0. The zero-order chi connectivity index (χ0) is 15.7. The third-order valence-corrected chi connectivity index (χ3v) is 5.37. The van der Waals surface area contributed by atoms with Crippen molar-refractivity contribution < 1.29 is 4.79 Å². The van der Waals surface area contributed by atoms with Crippen LogP contribution in [0.3, 0.4) is 0 Å². The number of para-hydroxylation sites is 1. The van der Waals surface area contributed by atoms with Crippen LogP contribution in [0.5, 0.6) is 0 Å². The highest BCUT2D eigenvalue weighted by atomic mass is 16.2. The number of amides is 1. The lowest BCUT2D eigenvalue weighted by Crippen LogP contribution is -2.44. The number of aromatic nitrogens is 1. The van der Waals surface area contributed by atoms with E-state index in [9.17, 15) is 4.79 Å². The first-order valence-corrected chi connectivity index (χ1v) is 8.40. The summed E-state index contributed by atoms with van der Waals surface area (Å²) in [5, 5.41) is 4.47. The van der Waals surface area contributed by atoms with Gasteiger partial charge in [0.25, 0.3) is 0 Å². The molecule has 1 N–H and O–H groups in total. The maximum atomic E-state index is 12.5. The van der Waals surface area contributed by atoms with Crippen molar-refractivity contribution >= 4 is 16.8 Å². The van der Waals surface area contributed by atoms with Gasteiger partial charge in [0, 0.05) is 17.3 Å². The maximum Gasteiger partial charge on any atom is 0.240 e. The number of carbonyl (C=O) groups excluding carboxylic acids is 1. The predicted octanol–water partition coefficient (Wildman–Crippen LogP) is 3.89. The minimum absolute atomic E-state index is 0.135. The van der Waals surface area contributed by atoms with Crippen molar-refractivity contribution in [2.45, 2.75) is 52.6 Å². The number of nitrogens with zero attached hydrogens (tertiary/aromatic N) is 1. The zero-order valence-corrected chi connectivity index (χ0v) is 13.8. The molecule has 1 fully saturated rings. The molecule has 0 saturated heterocycles. The van der Waals surface area contributed by atoms with E-state index in [0.717, 1.165) is 17.6 Å². The molecule has 118 valence electrons. The molecule has 1 heterocycles. The van der Waals surface area contributed by atoms with E-state index in [2.05, 4.69) is 48.9 Å². The lowest BCUT2D eigenvalue weighted by molar-refractivity contribution is -0.123. The number of hydrogen-bond donors (Lipinski definition) is 1. The molecule has 1 aromatic heterocycles. The van der Waals surface area contributed by atoms with Gasteiger partial charge in [-0.2, -0.15) is 0 Å². The van der Waals surface area contributed by atoms with Gasteiger partial charge < -0.3 is 9.88 Å². The van der Waals surface area contributed by atoms with Crippen LogP contribution < -0.4 is 5.32 Å². The van der Waals surface area contributed by atoms with E-state index in [1.807, 2.05) is 12.1 Å². The Morgan fingerprint density at radius 3 is 2.86 bits per heavy atom. The Balaban J connectivity index is 1.72. The van der Waals surface area contributed by atoms with Gasteiger partial charge in [-0.25, -0.2) is 0 Å². The van der Waals surface area contributed by atoms with Crippen molar-refractivity contribution in [1.82, 2.24) is 9.88 Å². The minimum atomic E-state index is 0.135. The predicted molar refractivity (Wildman–Crippen MR) is 90.8 cm³/mol. The second-order valence-electron chi connectivity index (χ2n) is 6.87. The van der Waals surface area contributed by atoms with Crippen molar-refractivity contribution in [2.75, 3.05) is 0 Å². The molecule has 3 atom stereocenters. The van der Waals surface area contributed by atoms with Gasteiger partial charge in [0.1, 0.15) is 6.54 Å². The summed E-state index contributed by atoms with van der Waals surface area (Å²) in [6, 6.07) is 10.7. The summed E-state index contributed by atoms with van der Waals surface area (Å²) in [4.78, 5) is 12.5. The van der Waals surface area contributed by atoms with Crippen LogP contribution in [-0.2, 0) is 11.3 Å². The molecule has 0 aliphatic heterocycles. The van der Waals surface area contributed by atoms with Gasteiger partial charge in [-0.1, -0.05) is 44.9 Å². The number of rotatable bonds is 3. The Bertz CT molecular complexity index is 673. The summed E-state index contributed by atoms with van der Waals surface area (Å²) in [7, 11) is 0. The van der Waals surface area contributed by atoms with Crippen LogP contribution in [0.25, 0.3) is 10.9 Å². The Morgan fingerprint density at radius 1 is 1.27 bits per heavy atom. The molecule has 1 aliphatic carbocycles. The average Bonchev–Trinajstić information content (AvgIpc) is 2.80. The van der Waals surface area contributed by atoms with Crippen molar-refractivity contribution in [3.05, 3.63) is 36.0 Å². The molecular weight excluding hydrogens is 272 g/mol. The average molecular weight is 298 g/mol. The molecule has 0 unspecified atom stereocenters. The first-order chi connectivity index (χ1) is 10.6. The molecule has 0 spiro atoms. The van der Waals surface area contributed by atoms with Gasteiger partial charge in [0.15, 0.2) is 0 Å². The lowest BCUT2D eigenvalue weighted by atomic mass is 9.78. The highest BCUT2D eigenvalue weighted by molar-refractivity contribution is 5.84. The Hall–Kier alpha value is -1.77. The molecule has 1 aromatic carbocycles. The SMILES string of the molecule is Cc1cc2ccccc2n1CC(=O)N[C@H]1CCC[C@@H](C)[C@H]1C. The Labute approximate surface area is 132 Å². The van der Waals surface area contributed by atoms with Gasteiger partial charge in [-0.05, 0) is 42.7 Å². The number of hydrogen-bond acceptors (Lipinski definition) is 1. The topological polar surface area (TPSA) is 34.0 Å². The second-order valence-corrected chi connectivity index (χ2v) is 6.87. The number of aryl methyl sites for hydroxylation is 1. The Kier molecular flexibility index (Phi) is 4.23. The molecule has 1 amide bonds. The van der Waals surface area contributed by atoms with E-state index < -0.39 is 0 Å². The van der Waals surface area contributed by atoms with Crippen molar-refractivity contribution in [2.24, 2.45) is 11.8 Å². The molecule has 3 rings (SSSR count). The first-order valence-electron chi connectivity index (χ1n) is 8.40. The summed E-state index contributed by atoms with van der Waals surface area (Å²) in [6.07, 6.45) is 3.62. The molecular formula is C19H26N2O. The molecule has 3 heteroatoms. The second kappa shape index (κ2) is 6.15. The highest BCUT2D eigenvalue weighted by Gasteiger charge is 2.28. The van der Waals surface area contributed by atoms with E-state index in [1.165, 1.54) is 18.2 Å². The first kappa shape index (κ1) is 15.1. The number of fused-ring (bicyclic) bond motifs is 1. The van der Waals surface area contributed by atoms with Crippen molar-refractivity contribution in [3.63, 3.8) is 0 Å². The van der Waals surface area contributed by atoms with E-state index in [1.54, 1.807) is 0 Å². The van der Waals surface area contributed by atoms with Crippen LogP contribution in [0, 0.1) is 18.8 Å². The standard InChI is InChI=1S/C19H26N2O/c1-13-7-6-9-17(15(13)3)20-19(22)12-21-14(2)11-16-8-4-5-10-18(16)21/h4-5,8,10-11,13,15,17H,6-7,9,12H2,1-3H3,(H,20,22)/t13-,15-,17+/m1/s1. The normalized spacial score (nSPS) is 25.3. The number of carbonyl (C=O) groups is 1. The van der Waals surface area contributed by atoms with E-state index in [-0.39, 0.29) is 5.91 Å². The van der Waals surface area contributed by atoms with Gasteiger partial charge in [-0.3, -0.25) is 4.79 Å². The quantitative estimate of drug-likeness (QED) is 0.916. The van der Waals surface area contributed by atoms with Crippen molar-refractivity contribution in [1.29, 1.82) is 0 Å². The molecule has 0 radical (unpaired) electrons. The van der Waals surface area contributed by atoms with Crippen LogP contribution in [-0.4, -0.2) is 16.5 Å². The smallest absolute Gasteiger partial charge is 0.240 e. The van der Waals surface area contributed by atoms with Crippen LogP contribution >= 0.6 is 0 Å². The van der Waals surface area contributed by atoms with Gasteiger partial charge in [-0.15, -0.1) is 0 Å². The minimum Gasteiger partial charge on any atom is -0.352 e. The van der Waals surface area contributed by atoms with Crippen LogP contribution in [0.4, 0.5) is 0 Å². The maximum absolute atomic E-state index is 12.5. The fourth-order valence-corrected chi connectivity index (χ4v) is 3.74. The van der Waals surface area contributed by atoms with E-state index in [0.29, 0.717) is 24.4 Å². The lowest BCUT2D eigenvalue weighted by Gasteiger charge is -2.34. The summed E-state index contributed by atoms with van der Waals surface area (Å²) in [5.74, 6) is 1.41. The Morgan fingerprint density at radius 2 is 2.05 bits per heavy atom. The van der Waals surface area contributed by atoms with E-state index >= 15 is 0 Å². The summed E-state index contributed by atoms with van der Waals surface area (Å²) in [6.45, 7) is 7.05. The zero-order valence-electron chi connectivity index (χ0n) is 13.8. The molecule has 3 nitrogen and oxygen atoms in total. The fourth-order valence-electron chi connectivity index (χ4n) is 3.74. The van der Waals surface area contributed by atoms with Gasteiger partial charge in [0.2, 0.25) is 5.91 Å². The van der Waals surface area contributed by atoms with Gasteiger partial charge >= 0.3 is 0 Å². The number of benzene rings is 1. The number of nitrogens with one attached hydrogen (secondary N) is 1. The van der Waals surface area contributed by atoms with Gasteiger partial charge in [0.05, 0.1) is 0 Å². The molecule has 1 aliphatic rings. The largest absolute Gasteiger partial charge is 0.352 e. The molecule has 2 aromatic rings. The van der Waals surface area contributed by atoms with Crippen LogP contribution in [0.1, 0.15) is 38.8 Å². The molecule has 22 heavy (non-hydrogen) atoms. The van der Waals surface area contributed by atoms with Crippen LogP contribution in [0.15, 0.2) is 30.3 Å². The monoisotopic (exact) mass is 298 g/mol. The fraction of sp³-hybridized carbons (Fsp3) is 0.526. The third kappa shape index (κ3) is 2.90. The molecule has 1 saturated carbocycles.